The third kappa shape index (κ3) is 3.94. The summed E-state index contributed by atoms with van der Waals surface area (Å²) in [4.78, 5) is 13.7. The van der Waals surface area contributed by atoms with Crippen LogP contribution in [0.1, 0.15) is 26.7 Å². The van der Waals surface area contributed by atoms with Crippen LogP contribution < -0.4 is 11.1 Å². The summed E-state index contributed by atoms with van der Waals surface area (Å²) < 4.78 is 5.61. The van der Waals surface area contributed by atoms with Gasteiger partial charge in [0.1, 0.15) is 0 Å². The van der Waals surface area contributed by atoms with E-state index in [1.54, 1.807) is 7.05 Å². The van der Waals surface area contributed by atoms with Crippen molar-refractivity contribution in [1.82, 2.24) is 10.2 Å². The molecule has 2 unspecified atom stereocenters. The minimum Gasteiger partial charge on any atom is -0.376 e. The van der Waals surface area contributed by atoms with Crippen LogP contribution in [0.3, 0.4) is 0 Å². The number of ether oxygens (including phenoxy) is 1. The van der Waals surface area contributed by atoms with Crippen LogP contribution in [0.15, 0.2) is 0 Å². The van der Waals surface area contributed by atoms with Gasteiger partial charge in [-0.25, -0.2) is 0 Å². The van der Waals surface area contributed by atoms with Gasteiger partial charge in [-0.05, 0) is 26.8 Å². The molecule has 1 amide bonds. The number of morpholine rings is 1. The molecule has 0 aromatic rings. The van der Waals surface area contributed by atoms with Crippen molar-refractivity contribution < 1.29 is 9.53 Å². The highest BCUT2D eigenvalue weighted by Crippen LogP contribution is 2.13. The molecule has 0 radical (unpaired) electrons. The largest absolute Gasteiger partial charge is 0.376 e. The molecule has 1 aliphatic rings. The molecule has 0 spiro atoms. The van der Waals surface area contributed by atoms with Crippen LogP contribution in [0.25, 0.3) is 0 Å². The Labute approximate surface area is 104 Å². The Balaban J connectivity index is 2.41. The van der Waals surface area contributed by atoms with Crippen molar-refractivity contribution in [3.05, 3.63) is 0 Å². The van der Waals surface area contributed by atoms with Gasteiger partial charge in [0, 0.05) is 19.6 Å². The first-order valence-corrected chi connectivity index (χ1v) is 6.34. The van der Waals surface area contributed by atoms with Crippen LogP contribution >= 0.6 is 0 Å². The first-order chi connectivity index (χ1) is 8.01. The van der Waals surface area contributed by atoms with E-state index >= 15 is 0 Å². The summed E-state index contributed by atoms with van der Waals surface area (Å²) in [6.45, 7) is 7.54. The quantitative estimate of drug-likeness (QED) is 0.686. The fourth-order valence-corrected chi connectivity index (χ4v) is 1.98. The van der Waals surface area contributed by atoms with Crippen LogP contribution in [0.4, 0.5) is 0 Å². The van der Waals surface area contributed by atoms with Gasteiger partial charge in [-0.15, -0.1) is 0 Å². The van der Waals surface area contributed by atoms with Gasteiger partial charge in [0.2, 0.25) is 5.91 Å². The number of nitrogens with two attached hydrogens (primary N) is 1. The zero-order chi connectivity index (χ0) is 12.9. The summed E-state index contributed by atoms with van der Waals surface area (Å²) in [5.41, 5.74) is 4.79. The summed E-state index contributed by atoms with van der Waals surface area (Å²) in [5, 5.41) is 3.01. The molecule has 1 aliphatic heterocycles. The Morgan fingerprint density at radius 3 is 2.88 bits per heavy atom. The number of nitrogens with one attached hydrogen (secondary N) is 1. The molecule has 5 heteroatoms. The lowest BCUT2D eigenvalue weighted by atomic mass is 9.97. The van der Waals surface area contributed by atoms with Crippen LogP contribution in [0.2, 0.25) is 0 Å². The molecule has 17 heavy (non-hydrogen) atoms. The summed E-state index contributed by atoms with van der Waals surface area (Å²) in [7, 11) is 1.78. The summed E-state index contributed by atoms with van der Waals surface area (Å²) >= 11 is 0. The lowest BCUT2D eigenvalue weighted by Crippen LogP contribution is -2.54. The zero-order valence-electron chi connectivity index (χ0n) is 11.2. The lowest BCUT2D eigenvalue weighted by molar-refractivity contribution is -0.124. The van der Waals surface area contributed by atoms with Crippen molar-refractivity contribution >= 4 is 5.91 Å². The predicted molar refractivity (Wildman–Crippen MR) is 67.7 cm³/mol. The molecule has 1 heterocycles. The maximum atomic E-state index is 11.4. The fourth-order valence-electron chi connectivity index (χ4n) is 1.98. The van der Waals surface area contributed by atoms with Gasteiger partial charge in [-0.3, -0.25) is 9.69 Å². The smallest absolute Gasteiger partial charge is 0.237 e. The zero-order valence-corrected chi connectivity index (χ0v) is 11.2. The highest BCUT2D eigenvalue weighted by molar-refractivity contribution is 5.84. The van der Waals surface area contributed by atoms with Crippen LogP contribution in [0, 0.1) is 0 Å². The van der Waals surface area contributed by atoms with Crippen molar-refractivity contribution in [3.63, 3.8) is 0 Å². The minimum atomic E-state index is -0.611. The molecule has 1 rings (SSSR count). The fraction of sp³-hybridized carbons (Fsp3) is 0.917. The molecule has 0 aromatic carbocycles. The van der Waals surface area contributed by atoms with Crippen LogP contribution in [-0.2, 0) is 9.53 Å². The SMILES string of the molecule is CCC1CN(CCC(C)(NC)C(N)=O)CCO1. The van der Waals surface area contributed by atoms with Gasteiger partial charge in [0.15, 0.2) is 0 Å². The van der Waals surface area contributed by atoms with E-state index in [4.69, 9.17) is 10.5 Å². The maximum absolute atomic E-state index is 11.4. The molecular formula is C12H25N3O2. The molecule has 1 fully saturated rings. The normalized spacial score (nSPS) is 25.5. The monoisotopic (exact) mass is 243 g/mol. The van der Waals surface area contributed by atoms with Crippen molar-refractivity contribution in [2.24, 2.45) is 5.73 Å². The second-order valence-electron chi connectivity index (χ2n) is 4.90. The summed E-state index contributed by atoms with van der Waals surface area (Å²) in [6, 6.07) is 0. The number of hydrogen-bond donors (Lipinski definition) is 2. The predicted octanol–water partition coefficient (Wildman–Crippen LogP) is -0.0493. The lowest BCUT2D eigenvalue weighted by Gasteiger charge is -2.35. The number of carbonyl (C=O) groups excluding carboxylic acids is 1. The Morgan fingerprint density at radius 2 is 2.35 bits per heavy atom. The molecule has 0 aromatic heterocycles. The Morgan fingerprint density at radius 1 is 1.65 bits per heavy atom. The van der Waals surface area contributed by atoms with Crippen molar-refractivity contribution in [3.8, 4) is 0 Å². The van der Waals surface area contributed by atoms with E-state index < -0.39 is 5.54 Å². The molecule has 2 atom stereocenters. The number of primary amides is 1. The minimum absolute atomic E-state index is 0.291. The molecule has 3 N–H and O–H groups in total. The number of likely N-dealkylation sites (N-methyl/N-ethyl adjacent to an activating group) is 1. The molecular weight excluding hydrogens is 218 g/mol. The third-order valence-corrected chi connectivity index (χ3v) is 3.70. The molecule has 5 nitrogen and oxygen atoms in total. The van der Waals surface area contributed by atoms with Gasteiger partial charge in [-0.1, -0.05) is 6.92 Å². The van der Waals surface area contributed by atoms with Gasteiger partial charge in [0.25, 0.3) is 0 Å². The third-order valence-electron chi connectivity index (χ3n) is 3.70. The van der Waals surface area contributed by atoms with Crippen molar-refractivity contribution in [2.45, 2.75) is 38.3 Å². The van der Waals surface area contributed by atoms with E-state index in [2.05, 4.69) is 17.1 Å². The van der Waals surface area contributed by atoms with E-state index in [-0.39, 0.29) is 5.91 Å². The molecule has 0 aliphatic carbocycles. The first-order valence-electron chi connectivity index (χ1n) is 6.34. The number of carbonyl (C=O) groups is 1. The van der Waals surface area contributed by atoms with Crippen molar-refractivity contribution in [1.29, 1.82) is 0 Å². The highest BCUT2D eigenvalue weighted by Gasteiger charge is 2.30. The van der Waals surface area contributed by atoms with E-state index in [1.165, 1.54) is 0 Å². The number of nitrogens with zero attached hydrogens (tertiary/aromatic N) is 1. The Kier molecular flexibility index (Phi) is 5.36. The molecule has 1 saturated heterocycles. The molecule has 0 bridgehead atoms. The van der Waals surface area contributed by atoms with Gasteiger partial charge in [0.05, 0.1) is 18.2 Å². The van der Waals surface area contributed by atoms with Gasteiger partial charge in [-0.2, -0.15) is 0 Å². The van der Waals surface area contributed by atoms with Crippen molar-refractivity contribution in [2.75, 3.05) is 33.3 Å². The average molecular weight is 243 g/mol. The Bertz CT molecular complexity index is 260. The van der Waals surface area contributed by atoms with E-state index in [0.29, 0.717) is 6.10 Å². The number of hydrogen-bond acceptors (Lipinski definition) is 4. The maximum Gasteiger partial charge on any atom is 0.237 e. The second kappa shape index (κ2) is 6.33. The van der Waals surface area contributed by atoms with Gasteiger partial charge < -0.3 is 15.8 Å². The number of amides is 1. The van der Waals surface area contributed by atoms with E-state index in [0.717, 1.165) is 39.1 Å². The highest BCUT2D eigenvalue weighted by atomic mass is 16.5. The van der Waals surface area contributed by atoms with Crippen LogP contribution in [0.5, 0.6) is 0 Å². The summed E-state index contributed by atoms with van der Waals surface area (Å²) in [5.74, 6) is -0.291. The topological polar surface area (TPSA) is 67.6 Å². The standard InChI is InChI=1S/C12H25N3O2/c1-4-10-9-15(7-8-17-10)6-5-12(2,14-3)11(13)16/h10,14H,4-9H2,1-3H3,(H2,13,16). The van der Waals surface area contributed by atoms with E-state index in [9.17, 15) is 4.79 Å². The number of rotatable bonds is 6. The second-order valence-corrected chi connectivity index (χ2v) is 4.90. The average Bonchev–Trinajstić information content (AvgIpc) is 2.36. The van der Waals surface area contributed by atoms with Gasteiger partial charge >= 0.3 is 0 Å². The summed E-state index contributed by atoms with van der Waals surface area (Å²) in [6.07, 6.45) is 2.10. The molecule has 0 saturated carbocycles. The molecule has 100 valence electrons. The van der Waals surface area contributed by atoms with E-state index in [1.807, 2.05) is 6.92 Å². The van der Waals surface area contributed by atoms with Crippen LogP contribution in [-0.4, -0.2) is 55.7 Å². The Hall–Kier alpha value is -0.650. The first kappa shape index (κ1) is 14.4.